The van der Waals surface area contributed by atoms with E-state index in [1.54, 1.807) is 6.07 Å². The molecule has 6 nitrogen and oxygen atoms in total. The summed E-state index contributed by atoms with van der Waals surface area (Å²) in [5.41, 5.74) is 6.73. The van der Waals surface area contributed by atoms with E-state index in [1.165, 1.54) is 0 Å². The van der Waals surface area contributed by atoms with Crippen molar-refractivity contribution in [3.05, 3.63) is 17.5 Å². The predicted octanol–water partition coefficient (Wildman–Crippen LogP) is 0.0669. The largest absolute Gasteiger partial charge is 0.382 e. The van der Waals surface area contributed by atoms with Gasteiger partial charge in [-0.2, -0.15) is 0 Å². The van der Waals surface area contributed by atoms with Crippen LogP contribution in [0, 0.1) is 12.3 Å². The summed E-state index contributed by atoms with van der Waals surface area (Å²) in [4.78, 5) is 12.6. The fourth-order valence-electron chi connectivity index (χ4n) is 1.31. The number of nitrogens with two attached hydrogens (primary N) is 1. The molecule has 0 bridgehead atoms. The van der Waals surface area contributed by atoms with Gasteiger partial charge in [0.05, 0.1) is 0 Å². The number of aromatic nitrogens is 2. The number of hydrogen-bond acceptors (Lipinski definition) is 5. The fraction of sp³-hybridized carbons (Fsp3) is 0.545. The fourth-order valence-corrected chi connectivity index (χ4v) is 1.31. The van der Waals surface area contributed by atoms with Gasteiger partial charge >= 0.3 is 0 Å². The maximum atomic E-state index is 7.40. The summed E-state index contributed by atoms with van der Waals surface area (Å²) >= 11 is 0. The van der Waals surface area contributed by atoms with Crippen LogP contribution in [0.15, 0.2) is 6.07 Å². The Morgan fingerprint density at radius 3 is 2.47 bits per heavy atom. The first-order chi connectivity index (χ1) is 7.90. The molecule has 17 heavy (non-hydrogen) atoms. The van der Waals surface area contributed by atoms with Crippen molar-refractivity contribution in [3.8, 4) is 0 Å². The van der Waals surface area contributed by atoms with Crippen LogP contribution in [0.25, 0.3) is 0 Å². The highest BCUT2D eigenvalue weighted by Crippen LogP contribution is 2.08. The molecule has 0 aliphatic carbocycles. The van der Waals surface area contributed by atoms with Crippen LogP contribution in [-0.2, 0) is 0 Å². The smallest absolute Gasteiger partial charge is 0.226 e. The Kier molecular flexibility index (Phi) is 4.39. The van der Waals surface area contributed by atoms with Gasteiger partial charge in [-0.3, -0.25) is 5.41 Å². The quantitative estimate of drug-likeness (QED) is 0.558. The minimum atomic E-state index is -0.0299. The Morgan fingerprint density at radius 1 is 1.29 bits per heavy atom. The Labute approximate surface area is 102 Å². The van der Waals surface area contributed by atoms with Crippen molar-refractivity contribution in [1.82, 2.24) is 14.9 Å². The van der Waals surface area contributed by atoms with Gasteiger partial charge in [-0.05, 0) is 27.1 Å². The highest BCUT2D eigenvalue weighted by Gasteiger charge is 2.08. The summed E-state index contributed by atoms with van der Waals surface area (Å²) in [6, 6.07) is 1.71. The van der Waals surface area contributed by atoms with E-state index in [1.807, 2.05) is 33.0 Å². The van der Waals surface area contributed by atoms with Crippen molar-refractivity contribution >= 4 is 11.8 Å². The second kappa shape index (κ2) is 5.58. The molecule has 1 heterocycles. The molecule has 0 saturated carbocycles. The van der Waals surface area contributed by atoms with Crippen molar-refractivity contribution < 1.29 is 0 Å². The lowest BCUT2D eigenvalue weighted by Gasteiger charge is -2.20. The maximum Gasteiger partial charge on any atom is 0.226 e. The van der Waals surface area contributed by atoms with Crippen LogP contribution >= 0.6 is 0 Å². The molecule has 0 radical (unpaired) electrons. The van der Waals surface area contributed by atoms with Crippen molar-refractivity contribution in [2.75, 3.05) is 39.1 Å². The Balaban J connectivity index is 2.86. The number of rotatable bonds is 5. The van der Waals surface area contributed by atoms with Crippen molar-refractivity contribution in [2.45, 2.75) is 6.92 Å². The third-order valence-corrected chi connectivity index (χ3v) is 2.34. The molecule has 1 aromatic rings. The van der Waals surface area contributed by atoms with E-state index in [2.05, 4.69) is 14.9 Å². The molecule has 6 heteroatoms. The zero-order chi connectivity index (χ0) is 13.0. The summed E-state index contributed by atoms with van der Waals surface area (Å²) < 4.78 is 0. The van der Waals surface area contributed by atoms with Gasteiger partial charge in [-0.25, -0.2) is 9.97 Å². The summed E-state index contributed by atoms with van der Waals surface area (Å²) in [6.07, 6.45) is 0. The molecule has 0 amide bonds. The minimum absolute atomic E-state index is 0.0299. The van der Waals surface area contributed by atoms with Crippen LogP contribution in [0.3, 0.4) is 0 Å². The predicted molar refractivity (Wildman–Crippen MR) is 69.6 cm³/mol. The number of hydrogen-bond donors (Lipinski definition) is 2. The van der Waals surface area contributed by atoms with Gasteiger partial charge in [0.1, 0.15) is 11.5 Å². The number of nitrogen functional groups attached to an aromatic ring is 1. The minimum Gasteiger partial charge on any atom is -0.382 e. The summed E-state index contributed by atoms with van der Waals surface area (Å²) in [5.74, 6) is 0.579. The lowest BCUT2D eigenvalue weighted by atomic mass is 10.3. The highest BCUT2D eigenvalue weighted by atomic mass is 15.2. The van der Waals surface area contributed by atoms with Gasteiger partial charge in [-0.1, -0.05) is 0 Å². The van der Waals surface area contributed by atoms with Crippen LogP contribution in [0.2, 0.25) is 0 Å². The van der Waals surface area contributed by atoms with Crippen LogP contribution in [0.5, 0.6) is 0 Å². The van der Waals surface area contributed by atoms with Gasteiger partial charge < -0.3 is 15.5 Å². The molecule has 0 saturated heterocycles. The Bertz CT molecular complexity index is 401. The van der Waals surface area contributed by atoms with Gasteiger partial charge in [-0.15, -0.1) is 0 Å². The van der Waals surface area contributed by atoms with Gasteiger partial charge in [0, 0.05) is 25.8 Å². The number of nitrogens with zero attached hydrogens (tertiary/aromatic N) is 4. The molecule has 0 spiro atoms. The molecule has 94 valence electrons. The van der Waals surface area contributed by atoms with Crippen molar-refractivity contribution in [2.24, 2.45) is 5.73 Å². The average molecular weight is 236 g/mol. The average Bonchev–Trinajstić information content (AvgIpc) is 2.24. The molecule has 0 atom stereocenters. The molecule has 0 aliphatic heterocycles. The highest BCUT2D eigenvalue weighted by molar-refractivity contribution is 5.93. The van der Waals surface area contributed by atoms with Gasteiger partial charge in [0.15, 0.2) is 0 Å². The monoisotopic (exact) mass is 236 g/mol. The number of amidine groups is 1. The van der Waals surface area contributed by atoms with Crippen LogP contribution in [0.1, 0.15) is 11.4 Å². The van der Waals surface area contributed by atoms with Gasteiger partial charge in [0.25, 0.3) is 0 Å². The summed E-state index contributed by atoms with van der Waals surface area (Å²) in [5, 5.41) is 7.40. The van der Waals surface area contributed by atoms with Crippen LogP contribution in [-0.4, -0.2) is 54.9 Å². The number of anilines is 1. The Hall–Kier alpha value is -1.69. The first-order valence-corrected chi connectivity index (χ1v) is 5.46. The third-order valence-electron chi connectivity index (χ3n) is 2.34. The zero-order valence-corrected chi connectivity index (χ0v) is 10.9. The normalized spacial score (nSPS) is 10.6. The van der Waals surface area contributed by atoms with E-state index in [4.69, 9.17) is 11.1 Å². The summed E-state index contributed by atoms with van der Waals surface area (Å²) in [6.45, 7) is 3.62. The standard InChI is InChI=1S/C11H20N6/c1-8-7-9(10(12)13)15-11(14-8)17(4)6-5-16(2)3/h7H,5-6H2,1-4H3,(H3,12,13). The third kappa shape index (κ3) is 3.99. The van der Waals surface area contributed by atoms with E-state index in [0.29, 0.717) is 11.6 Å². The van der Waals surface area contributed by atoms with E-state index in [9.17, 15) is 0 Å². The maximum absolute atomic E-state index is 7.40. The number of nitrogens with one attached hydrogen (secondary N) is 1. The molecule has 0 fully saturated rings. The van der Waals surface area contributed by atoms with E-state index < -0.39 is 0 Å². The topological polar surface area (TPSA) is 82.1 Å². The van der Waals surface area contributed by atoms with E-state index >= 15 is 0 Å². The van der Waals surface area contributed by atoms with Gasteiger partial charge in [0.2, 0.25) is 5.95 Å². The molecule has 1 aromatic heterocycles. The first-order valence-electron chi connectivity index (χ1n) is 5.46. The first kappa shape index (κ1) is 13.4. The number of likely N-dealkylation sites (N-methyl/N-ethyl adjacent to an activating group) is 2. The van der Waals surface area contributed by atoms with Crippen LogP contribution < -0.4 is 10.6 Å². The van der Waals surface area contributed by atoms with Crippen molar-refractivity contribution in [3.63, 3.8) is 0 Å². The van der Waals surface area contributed by atoms with E-state index in [-0.39, 0.29) is 5.84 Å². The lowest BCUT2D eigenvalue weighted by molar-refractivity contribution is 0.415. The Morgan fingerprint density at radius 2 is 1.94 bits per heavy atom. The molecule has 0 aliphatic rings. The molecular formula is C11H20N6. The lowest BCUT2D eigenvalue weighted by Crippen LogP contribution is -2.30. The van der Waals surface area contributed by atoms with Crippen LogP contribution in [0.4, 0.5) is 5.95 Å². The summed E-state index contributed by atoms with van der Waals surface area (Å²) in [7, 11) is 5.97. The SMILES string of the molecule is Cc1cc(C(=N)N)nc(N(C)CCN(C)C)n1. The molecule has 0 aromatic carbocycles. The second-order valence-electron chi connectivity index (χ2n) is 4.33. The van der Waals surface area contributed by atoms with Crippen molar-refractivity contribution in [1.29, 1.82) is 5.41 Å². The molecule has 1 rings (SSSR count). The van der Waals surface area contributed by atoms with E-state index in [0.717, 1.165) is 18.8 Å². The number of aryl methyl sites for hydroxylation is 1. The molecular weight excluding hydrogens is 216 g/mol. The molecule has 3 N–H and O–H groups in total. The zero-order valence-electron chi connectivity index (χ0n) is 10.9. The second-order valence-corrected chi connectivity index (χ2v) is 4.33. The molecule has 0 unspecified atom stereocenters.